The van der Waals surface area contributed by atoms with Crippen molar-refractivity contribution in [1.29, 1.82) is 0 Å². The molecule has 0 aromatic heterocycles. The smallest absolute Gasteiger partial charge is 0.240 e. The Balaban J connectivity index is 1.78. The number of amides is 1. The third kappa shape index (κ3) is 4.64. The summed E-state index contributed by atoms with van der Waals surface area (Å²) in [4.78, 5) is 11.7. The molecule has 0 atom stereocenters. The Bertz CT molecular complexity index is 741. The van der Waals surface area contributed by atoms with Crippen LogP contribution in [0.2, 0.25) is 0 Å². The fraction of sp³-hybridized carbons (Fsp3) is 0.176. The van der Waals surface area contributed by atoms with Crippen LogP contribution in [0, 0.1) is 0 Å². The molecular weight excluding hydrogens is 312 g/mol. The van der Waals surface area contributed by atoms with E-state index in [0.29, 0.717) is 12.8 Å². The Labute approximate surface area is 138 Å². The Morgan fingerprint density at radius 2 is 1.71 bits per heavy atom. The molecule has 2 aromatic rings. The summed E-state index contributed by atoms with van der Waals surface area (Å²) in [6, 6.07) is 9.34. The second-order valence-corrected chi connectivity index (χ2v) is 5.18. The number of phenolic OH excluding ortho intramolecular Hbond substituents is 4. The number of hydrogen-bond donors (Lipinski definition) is 5. The number of carbonyl (C=O) groups is 1. The van der Waals surface area contributed by atoms with Crippen molar-refractivity contribution < 1.29 is 25.2 Å². The van der Waals surface area contributed by atoms with E-state index in [1.165, 1.54) is 18.3 Å². The van der Waals surface area contributed by atoms with Crippen LogP contribution < -0.4 is 5.43 Å². The van der Waals surface area contributed by atoms with Gasteiger partial charge in [0.1, 0.15) is 5.75 Å². The van der Waals surface area contributed by atoms with Gasteiger partial charge in [0.05, 0.1) is 6.21 Å². The molecule has 5 N–H and O–H groups in total. The molecule has 0 aliphatic rings. The highest BCUT2D eigenvalue weighted by Crippen LogP contribution is 2.36. The van der Waals surface area contributed by atoms with Crippen molar-refractivity contribution in [2.24, 2.45) is 5.10 Å². The van der Waals surface area contributed by atoms with E-state index in [1.54, 1.807) is 24.3 Å². The first kappa shape index (κ1) is 17.1. The van der Waals surface area contributed by atoms with Crippen molar-refractivity contribution >= 4 is 12.1 Å². The van der Waals surface area contributed by atoms with Crippen LogP contribution in [0.5, 0.6) is 23.0 Å². The second kappa shape index (κ2) is 7.87. The highest BCUT2D eigenvalue weighted by atomic mass is 16.3. The molecule has 0 bridgehead atoms. The average molecular weight is 330 g/mol. The first-order valence-corrected chi connectivity index (χ1v) is 7.31. The predicted octanol–water partition coefficient (Wildman–Crippen LogP) is 1.98. The predicted molar refractivity (Wildman–Crippen MR) is 88.2 cm³/mol. The van der Waals surface area contributed by atoms with Crippen LogP contribution in [0.15, 0.2) is 41.5 Å². The first-order valence-electron chi connectivity index (χ1n) is 7.31. The van der Waals surface area contributed by atoms with Crippen LogP contribution in [-0.4, -0.2) is 32.5 Å². The van der Waals surface area contributed by atoms with Gasteiger partial charge in [-0.2, -0.15) is 5.10 Å². The molecule has 0 heterocycles. The SMILES string of the molecule is O=C(CCCc1ccc(O)cc1)N/N=C/c1ccc(O)c(O)c1O. The number of hydrogen-bond acceptors (Lipinski definition) is 6. The Morgan fingerprint density at radius 1 is 1.00 bits per heavy atom. The number of carbonyl (C=O) groups excluding carboxylic acids is 1. The lowest BCUT2D eigenvalue weighted by Gasteiger charge is -2.04. The summed E-state index contributed by atoms with van der Waals surface area (Å²) in [5.41, 5.74) is 3.51. The number of nitrogens with zero attached hydrogens (tertiary/aromatic N) is 1. The molecule has 7 heteroatoms. The van der Waals surface area contributed by atoms with Crippen molar-refractivity contribution in [1.82, 2.24) is 5.43 Å². The molecule has 2 aromatic carbocycles. The lowest BCUT2D eigenvalue weighted by Crippen LogP contribution is -2.17. The molecule has 0 saturated heterocycles. The van der Waals surface area contributed by atoms with E-state index in [9.17, 15) is 25.2 Å². The van der Waals surface area contributed by atoms with Gasteiger partial charge in [0.25, 0.3) is 0 Å². The van der Waals surface area contributed by atoms with Crippen LogP contribution in [-0.2, 0) is 11.2 Å². The minimum absolute atomic E-state index is 0.162. The van der Waals surface area contributed by atoms with Crippen LogP contribution in [0.25, 0.3) is 0 Å². The fourth-order valence-electron chi connectivity index (χ4n) is 2.03. The number of aryl methyl sites for hydroxylation is 1. The van der Waals surface area contributed by atoms with Crippen molar-refractivity contribution in [3.8, 4) is 23.0 Å². The third-order valence-electron chi connectivity index (χ3n) is 3.36. The van der Waals surface area contributed by atoms with Crippen LogP contribution >= 0.6 is 0 Å². The number of phenols is 4. The zero-order chi connectivity index (χ0) is 17.5. The van der Waals surface area contributed by atoms with Gasteiger partial charge in [-0.05, 0) is 42.7 Å². The normalized spacial score (nSPS) is 10.8. The summed E-state index contributed by atoms with van der Waals surface area (Å²) in [5, 5.41) is 41.1. The van der Waals surface area contributed by atoms with Gasteiger partial charge in [0, 0.05) is 12.0 Å². The van der Waals surface area contributed by atoms with E-state index >= 15 is 0 Å². The maximum absolute atomic E-state index is 11.7. The molecule has 0 spiro atoms. The molecule has 2 rings (SSSR count). The molecule has 0 aliphatic heterocycles. The van der Waals surface area contributed by atoms with E-state index in [1.807, 2.05) is 0 Å². The minimum Gasteiger partial charge on any atom is -0.508 e. The zero-order valence-corrected chi connectivity index (χ0v) is 12.8. The molecule has 7 nitrogen and oxygen atoms in total. The molecule has 0 aliphatic carbocycles. The average Bonchev–Trinajstić information content (AvgIpc) is 2.57. The molecule has 126 valence electrons. The second-order valence-electron chi connectivity index (χ2n) is 5.18. The van der Waals surface area contributed by atoms with Gasteiger partial charge in [-0.25, -0.2) is 5.43 Å². The summed E-state index contributed by atoms with van der Waals surface area (Å²) in [5.74, 6) is -1.68. The van der Waals surface area contributed by atoms with E-state index in [-0.39, 0.29) is 23.6 Å². The highest BCUT2D eigenvalue weighted by molar-refractivity contribution is 5.86. The molecule has 0 saturated carbocycles. The Morgan fingerprint density at radius 3 is 2.42 bits per heavy atom. The number of nitrogens with one attached hydrogen (secondary N) is 1. The number of rotatable bonds is 6. The molecule has 24 heavy (non-hydrogen) atoms. The quantitative estimate of drug-likeness (QED) is 0.315. The fourth-order valence-corrected chi connectivity index (χ4v) is 2.03. The summed E-state index contributed by atoms with van der Waals surface area (Å²) >= 11 is 0. The summed E-state index contributed by atoms with van der Waals surface area (Å²) in [6.45, 7) is 0. The third-order valence-corrected chi connectivity index (χ3v) is 3.36. The highest BCUT2D eigenvalue weighted by Gasteiger charge is 2.09. The van der Waals surface area contributed by atoms with E-state index in [2.05, 4.69) is 10.5 Å². The van der Waals surface area contributed by atoms with Gasteiger partial charge in [0.15, 0.2) is 11.5 Å². The minimum atomic E-state index is -0.640. The largest absolute Gasteiger partial charge is 0.508 e. The maximum atomic E-state index is 11.7. The van der Waals surface area contributed by atoms with E-state index in [0.717, 1.165) is 5.56 Å². The van der Waals surface area contributed by atoms with Gasteiger partial charge in [-0.1, -0.05) is 12.1 Å². The lowest BCUT2D eigenvalue weighted by atomic mass is 10.1. The summed E-state index contributed by atoms with van der Waals surface area (Å²) in [7, 11) is 0. The van der Waals surface area contributed by atoms with Gasteiger partial charge in [-0.15, -0.1) is 0 Å². The standard InChI is InChI=1S/C17H18N2O5/c20-13-7-4-11(5-8-13)2-1-3-15(22)19-18-10-12-6-9-14(21)17(24)16(12)23/h4-10,20-21,23-24H,1-3H2,(H,19,22)/b18-10+. The molecular formula is C17H18N2O5. The van der Waals surface area contributed by atoms with Crippen LogP contribution in [0.3, 0.4) is 0 Å². The molecule has 0 unspecified atom stereocenters. The van der Waals surface area contributed by atoms with Crippen molar-refractivity contribution in [3.05, 3.63) is 47.5 Å². The van der Waals surface area contributed by atoms with Gasteiger partial charge in [-0.3, -0.25) is 4.79 Å². The van der Waals surface area contributed by atoms with Gasteiger partial charge in [0.2, 0.25) is 11.7 Å². The van der Waals surface area contributed by atoms with Gasteiger partial charge >= 0.3 is 0 Å². The first-order chi connectivity index (χ1) is 11.5. The molecule has 0 radical (unpaired) electrons. The summed E-state index contributed by atoms with van der Waals surface area (Å²) in [6.07, 6.45) is 2.76. The lowest BCUT2D eigenvalue weighted by molar-refractivity contribution is -0.121. The number of hydrazone groups is 1. The topological polar surface area (TPSA) is 122 Å². The van der Waals surface area contributed by atoms with Crippen molar-refractivity contribution in [2.45, 2.75) is 19.3 Å². The van der Waals surface area contributed by atoms with Crippen molar-refractivity contribution in [2.75, 3.05) is 0 Å². The summed E-state index contributed by atoms with van der Waals surface area (Å²) < 4.78 is 0. The monoisotopic (exact) mass is 330 g/mol. The van der Waals surface area contributed by atoms with Crippen LogP contribution in [0.4, 0.5) is 0 Å². The number of aromatic hydroxyl groups is 4. The van der Waals surface area contributed by atoms with Gasteiger partial charge < -0.3 is 20.4 Å². The number of benzene rings is 2. The zero-order valence-electron chi connectivity index (χ0n) is 12.8. The maximum Gasteiger partial charge on any atom is 0.240 e. The van der Waals surface area contributed by atoms with E-state index < -0.39 is 17.2 Å². The van der Waals surface area contributed by atoms with Crippen LogP contribution in [0.1, 0.15) is 24.0 Å². The Hall–Kier alpha value is -3.22. The van der Waals surface area contributed by atoms with E-state index in [4.69, 9.17) is 0 Å². The Kier molecular flexibility index (Phi) is 5.62. The molecule has 1 amide bonds. The van der Waals surface area contributed by atoms with Crippen molar-refractivity contribution in [3.63, 3.8) is 0 Å². The molecule has 0 fully saturated rings.